The van der Waals surface area contributed by atoms with Gasteiger partial charge in [-0.2, -0.15) is 0 Å². The maximum absolute atomic E-state index is 12.5. The largest absolute Gasteiger partial charge is 0.489 e. The molecule has 0 aliphatic heterocycles. The Bertz CT molecular complexity index is 1210. The molecule has 4 aromatic rings. The second-order valence-electron chi connectivity index (χ2n) is 6.56. The van der Waals surface area contributed by atoms with E-state index in [2.05, 4.69) is 10.3 Å². The average molecular weight is 424 g/mol. The second kappa shape index (κ2) is 8.11. The predicted octanol–water partition coefficient (Wildman–Crippen LogP) is 5.67. The lowest BCUT2D eigenvalue weighted by atomic mass is 10.1. The van der Waals surface area contributed by atoms with E-state index in [1.54, 1.807) is 41.8 Å². The molecule has 3 N–H and O–H groups in total. The molecule has 0 saturated heterocycles. The summed E-state index contributed by atoms with van der Waals surface area (Å²) in [7, 11) is 0. The zero-order valence-electron chi connectivity index (χ0n) is 15.6. The number of rotatable bonds is 5. The molecule has 0 aliphatic carbocycles. The number of nitrogen functional groups attached to an aromatic ring is 1. The van der Waals surface area contributed by atoms with E-state index in [9.17, 15) is 4.79 Å². The Labute approximate surface area is 177 Å². The van der Waals surface area contributed by atoms with Crippen LogP contribution in [0.4, 0.5) is 11.5 Å². The van der Waals surface area contributed by atoms with Gasteiger partial charge in [-0.1, -0.05) is 23.7 Å². The Balaban J connectivity index is 1.52. The summed E-state index contributed by atoms with van der Waals surface area (Å²) in [4.78, 5) is 16.6. The van der Waals surface area contributed by atoms with Gasteiger partial charge in [0.1, 0.15) is 18.2 Å². The van der Waals surface area contributed by atoms with Crippen LogP contribution in [0, 0.1) is 6.92 Å². The Morgan fingerprint density at radius 1 is 1.24 bits per heavy atom. The summed E-state index contributed by atoms with van der Waals surface area (Å²) in [6.45, 7) is 2.32. The average Bonchev–Trinajstić information content (AvgIpc) is 3.13. The predicted molar refractivity (Wildman–Crippen MR) is 119 cm³/mol. The molecule has 0 bridgehead atoms. The van der Waals surface area contributed by atoms with E-state index >= 15 is 0 Å². The first-order valence-corrected chi connectivity index (χ1v) is 10.2. The van der Waals surface area contributed by atoms with Crippen LogP contribution in [-0.4, -0.2) is 10.9 Å². The summed E-state index contributed by atoms with van der Waals surface area (Å²) in [6, 6.07) is 14.3. The lowest BCUT2D eigenvalue weighted by Crippen LogP contribution is -2.12. The van der Waals surface area contributed by atoms with Gasteiger partial charge in [0.2, 0.25) is 0 Å². The number of pyridine rings is 1. The normalized spacial score (nSPS) is 10.8. The molecular weight excluding hydrogens is 406 g/mol. The Kier molecular flexibility index (Phi) is 5.38. The molecule has 0 unspecified atom stereocenters. The molecule has 7 heteroatoms. The van der Waals surface area contributed by atoms with Gasteiger partial charge in [0.25, 0.3) is 5.91 Å². The minimum Gasteiger partial charge on any atom is -0.489 e. The number of carbonyl (C=O) groups is 1. The quantitative estimate of drug-likeness (QED) is 0.433. The van der Waals surface area contributed by atoms with Crippen LogP contribution >= 0.6 is 22.9 Å². The van der Waals surface area contributed by atoms with Gasteiger partial charge >= 0.3 is 0 Å². The number of aromatic nitrogens is 1. The number of nitrogens with two attached hydrogens (primary N) is 1. The fourth-order valence-corrected chi connectivity index (χ4v) is 4.14. The number of thiophene rings is 1. The van der Waals surface area contributed by atoms with Crippen LogP contribution in [0.2, 0.25) is 5.02 Å². The van der Waals surface area contributed by atoms with E-state index in [4.69, 9.17) is 22.1 Å². The van der Waals surface area contributed by atoms with Crippen molar-refractivity contribution in [2.45, 2.75) is 13.5 Å². The molecule has 0 radical (unpaired) electrons. The number of ether oxygens (including phenoxy) is 1. The Hall–Kier alpha value is -3.09. The smallest absolute Gasteiger partial charge is 0.255 e. The molecule has 0 atom stereocenters. The standard InChI is InChI=1S/C22H18ClN3O2S/c1-13-5-6-17(26-22(27)14-3-2-4-16(23)9-14)10-18(13)28-11-15-12-29-19-7-8-25-21(24)20(15)19/h2-10,12H,11H2,1H3,(H2,24,25)(H,26,27). The van der Waals surface area contributed by atoms with E-state index in [1.807, 2.05) is 36.6 Å². The first kappa shape index (κ1) is 19.2. The highest BCUT2D eigenvalue weighted by atomic mass is 35.5. The van der Waals surface area contributed by atoms with E-state index in [0.29, 0.717) is 34.4 Å². The summed E-state index contributed by atoms with van der Waals surface area (Å²) in [5.41, 5.74) is 9.13. The number of hydrogen-bond acceptors (Lipinski definition) is 5. The topological polar surface area (TPSA) is 77.2 Å². The maximum Gasteiger partial charge on any atom is 0.255 e. The van der Waals surface area contributed by atoms with Crippen LogP contribution in [0.15, 0.2) is 60.1 Å². The number of nitrogens with one attached hydrogen (secondary N) is 1. The van der Waals surface area contributed by atoms with Crippen molar-refractivity contribution in [1.29, 1.82) is 0 Å². The SMILES string of the molecule is Cc1ccc(NC(=O)c2cccc(Cl)c2)cc1OCc1csc2ccnc(N)c12. The number of fused-ring (bicyclic) bond motifs is 1. The maximum atomic E-state index is 12.5. The third kappa shape index (κ3) is 4.18. The number of halogens is 1. The van der Waals surface area contributed by atoms with Crippen molar-refractivity contribution >= 4 is 50.4 Å². The molecule has 2 aromatic carbocycles. The number of anilines is 2. The molecule has 29 heavy (non-hydrogen) atoms. The van der Waals surface area contributed by atoms with Crippen LogP contribution in [0.5, 0.6) is 5.75 Å². The summed E-state index contributed by atoms with van der Waals surface area (Å²) in [5, 5.41) is 6.36. The van der Waals surface area contributed by atoms with Gasteiger partial charge in [-0.15, -0.1) is 11.3 Å². The number of hydrogen-bond donors (Lipinski definition) is 2. The highest BCUT2D eigenvalue weighted by molar-refractivity contribution is 7.17. The van der Waals surface area contributed by atoms with E-state index in [1.165, 1.54) is 0 Å². The van der Waals surface area contributed by atoms with Gasteiger partial charge in [-0.3, -0.25) is 4.79 Å². The van der Waals surface area contributed by atoms with Gasteiger partial charge in [-0.05, 0) is 48.2 Å². The molecule has 0 aliphatic rings. The molecule has 1 amide bonds. The fraction of sp³-hybridized carbons (Fsp3) is 0.0909. The van der Waals surface area contributed by atoms with Gasteiger partial charge in [0, 0.05) is 44.2 Å². The fourth-order valence-electron chi connectivity index (χ4n) is 3.00. The van der Waals surface area contributed by atoms with Crippen LogP contribution < -0.4 is 15.8 Å². The lowest BCUT2D eigenvalue weighted by Gasteiger charge is -2.12. The zero-order valence-corrected chi connectivity index (χ0v) is 17.2. The van der Waals surface area contributed by atoms with Crippen molar-refractivity contribution in [3.05, 3.63) is 81.8 Å². The van der Waals surface area contributed by atoms with E-state index in [-0.39, 0.29) is 5.91 Å². The molecule has 2 heterocycles. The van der Waals surface area contributed by atoms with E-state index in [0.717, 1.165) is 21.2 Å². The second-order valence-corrected chi connectivity index (χ2v) is 7.91. The molecule has 0 spiro atoms. The number of carbonyl (C=O) groups excluding carboxylic acids is 1. The first-order valence-electron chi connectivity index (χ1n) is 8.92. The first-order chi connectivity index (χ1) is 14.0. The summed E-state index contributed by atoms with van der Waals surface area (Å²) >= 11 is 7.58. The van der Waals surface area contributed by atoms with Crippen LogP contribution in [0.1, 0.15) is 21.5 Å². The van der Waals surface area contributed by atoms with Crippen LogP contribution in [0.3, 0.4) is 0 Å². The van der Waals surface area contributed by atoms with Gasteiger partial charge in [-0.25, -0.2) is 4.98 Å². The third-order valence-corrected chi connectivity index (χ3v) is 5.74. The summed E-state index contributed by atoms with van der Waals surface area (Å²) in [5.74, 6) is 0.960. The summed E-state index contributed by atoms with van der Waals surface area (Å²) < 4.78 is 7.12. The highest BCUT2D eigenvalue weighted by Crippen LogP contribution is 2.31. The molecule has 5 nitrogen and oxygen atoms in total. The van der Waals surface area contributed by atoms with Gasteiger partial charge in [0.05, 0.1) is 0 Å². The Morgan fingerprint density at radius 2 is 2.10 bits per heavy atom. The number of aryl methyl sites for hydroxylation is 1. The van der Waals surface area contributed by atoms with Crippen LogP contribution in [-0.2, 0) is 6.61 Å². The van der Waals surface area contributed by atoms with Crippen molar-refractivity contribution in [1.82, 2.24) is 4.98 Å². The number of amides is 1. The molecular formula is C22H18ClN3O2S. The van der Waals surface area contributed by atoms with Crippen molar-refractivity contribution < 1.29 is 9.53 Å². The van der Waals surface area contributed by atoms with Crippen molar-refractivity contribution in [2.24, 2.45) is 0 Å². The highest BCUT2D eigenvalue weighted by Gasteiger charge is 2.11. The van der Waals surface area contributed by atoms with Crippen molar-refractivity contribution in [2.75, 3.05) is 11.1 Å². The third-order valence-electron chi connectivity index (χ3n) is 4.51. The molecule has 146 valence electrons. The molecule has 4 rings (SSSR count). The molecule has 2 aromatic heterocycles. The van der Waals surface area contributed by atoms with Crippen molar-refractivity contribution in [3.8, 4) is 5.75 Å². The Morgan fingerprint density at radius 3 is 2.93 bits per heavy atom. The monoisotopic (exact) mass is 423 g/mol. The zero-order chi connectivity index (χ0) is 20.4. The van der Waals surface area contributed by atoms with Crippen molar-refractivity contribution in [3.63, 3.8) is 0 Å². The van der Waals surface area contributed by atoms with E-state index < -0.39 is 0 Å². The molecule has 0 saturated carbocycles. The lowest BCUT2D eigenvalue weighted by molar-refractivity contribution is 0.102. The minimum absolute atomic E-state index is 0.232. The van der Waals surface area contributed by atoms with Gasteiger partial charge in [0.15, 0.2) is 0 Å². The minimum atomic E-state index is -0.232. The van der Waals surface area contributed by atoms with Gasteiger partial charge < -0.3 is 15.8 Å². The number of nitrogens with zero attached hydrogens (tertiary/aromatic N) is 1. The summed E-state index contributed by atoms with van der Waals surface area (Å²) in [6.07, 6.45) is 1.70. The van der Waals surface area contributed by atoms with Crippen LogP contribution in [0.25, 0.3) is 10.1 Å². The number of benzene rings is 2. The molecule has 0 fully saturated rings.